The van der Waals surface area contributed by atoms with E-state index in [1.165, 1.54) is 25.7 Å². The number of guanidine groups is 1. The molecule has 1 saturated heterocycles. The van der Waals surface area contributed by atoms with Gasteiger partial charge in [-0.1, -0.05) is 12.8 Å². The number of hydrogen-bond acceptors (Lipinski definition) is 3. The molecule has 20 heavy (non-hydrogen) atoms. The summed E-state index contributed by atoms with van der Waals surface area (Å²) in [7, 11) is 3.53. The number of hydrogen-bond donors (Lipinski definition) is 1. The third-order valence-electron chi connectivity index (χ3n) is 3.81. The molecule has 0 saturated carbocycles. The van der Waals surface area contributed by atoms with Crippen LogP contribution >= 0.6 is 0 Å². The van der Waals surface area contributed by atoms with Crippen LogP contribution < -0.4 is 10.5 Å². The SMILES string of the molecule is COc1c(CN=C(N)N2CCCCCC2)c(C)nn1C. The Morgan fingerprint density at radius 3 is 2.55 bits per heavy atom. The summed E-state index contributed by atoms with van der Waals surface area (Å²) in [5.74, 6) is 1.40. The Labute approximate surface area is 120 Å². The molecule has 1 aromatic rings. The molecule has 1 aliphatic heterocycles. The first-order valence-corrected chi connectivity index (χ1v) is 7.24. The van der Waals surface area contributed by atoms with Crippen LogP contribution in [0.15, 0.2) is 4.99 Å². The van der Waals surface area contributed by atoms with E-state index in [0.29, 0.717) is 12.5 Å². The summed E-state index contributed by atoms with van der Waals surface area (Å²) in [6.45, 7) is 4.51. The maximum absolute atomic E-state index is 6.12. The first-order valence-electron chi connectivity index (χ1n) is 7.24. The number of aliphatic imine (C=N–C) groups is 1. The van der Waals surface area contributed by atoms with Crippen molar-refractivity contribution in [1.82, 2.24) is 14.7 Å². The first kappa shape index (κ1) is 14.7. The van der Waals surface area contributed by atoms with Gasteiger partial charge < -0.3 is 15.4 Å². The van der Waals surface area contributed by atoms with Gasteiger partial charge in [0, 0.05) is 20.1 Å². The van der Waals surface area contributed by atoms with E-state index in [1.807, 2.05) is 14.0 Å². The number of nitrogens with two attached hydrogens (primary N) is 1. The molecule has 6 heteroatoms. The van der Waals surface area contributed by atoms with Crippen molar-refractivity contribution in [2.45, 2.75) is 39.2 Å². The van der Waals surface area contributed by atoms with Gasteiger partial charge in [0.05, 0.1) is 24.9 Å². The minimum atomic E-state index is 0.519. The summed E-state index contributed by atoms with van der Waals surface area (Å²) in [5, 5.41) is 4.36. The van der Waals surface area contributed by atoms with Gasteiger partial charge in [-0.3, -0.25) is 0 Å². The minimum absolute atomic E-state index is 0.519. The molecule has 0 aliphatic carbocycles. The molecule has 0 atom stereocenters. The fourth-order valence-corrected chi connectivity index (χ4v) is 2.68. The van der Waals surface area contributed by atoms with Crippen LogP contribution in [-0.2, 0) is 13.6 Å². The molecule has 0 spiro atoms. The summed E-state index contributed by atoms with van der Waals surface area (Å²) >= 11 is 0. The van der Waals surface area contributed by atoms with Gasteiger partial charge in [-0.25, -0.2) is 9.67 Å². The van der Waals surface area contributed by atoms with E-state index >= 15 is 0 Å². The second-order valence-corrected chi connectivity index (χ2v) is 5.27. The molecule has 2 N–H and O–H groups in total. The molecular formula is C14H25N5O. The van der Waals surface area contributed by atoms with Gasteiger partial charge in [-0.2, -0.15) is 5.10 Å². The second kappa shape index (κ2) is 6.63. The van der Waals surface area contributed by atoms with Crippen molar-refractivity contribution >= 4 is 5.96 Å². The van der Waals surface area contributed by atoms with Gasteiger partial charge in [-0.15, -0.1) is 0 Å². The molecule has 1 fully saturated rings. The van der Waals surface area contributed by atoms with E-state index in [2.05, 4.69) is 15.0 Å². The van der Waals surface area contributed by atoms with Crippen molar-refractivity contribution in [1.29, 1.82) is 0 Å². The molecule has 112 valence electrons. The van der Waals surface area contributed by atoms with E-state index in [0.717, 1.165) is 30.2 Å². The van der Waals surface area contributed by atoms with Crippen LogP contribution in [0.2, 0.25) is 0 Å². The van der Waals surface area contributed by atoms with Gasteiger partial charge in [-0.05, 0) is 19.8 Å². The molecule has 0 amide bonds. The zero-order chi connectivity index (χ0) is 14.5. The van der Waals surface area contributed by atoms with Crippen LogP contribution in [0.4, 0.5) is 0 Å². The molecule has 0 radical (unpaired) electrons. The Kier molecular flexibility index (Phi) is 4.87. The Morgan fingerprint density at radius 1 is 1.30 bits per heavy atom. The maximum Gasteiger partial charge on any atom is 0.216 e. The lowest BCUT2D eigenvalue weighted by atomic mass is 10.2. The first-order chi connectivity index (χ1) is 9.63. The monoisotopic (exact) mass is 279 g/mol. The minimum Gasteiger partial charge on any atom is -0.481 e. The third kappa shape index (κ3) is 3.23. The lowest BCUT2D eigenvalue weighted by molar-refractivity contribution is 0.369. The summed E-state index contributed by atoms with van der Waals surface area (Å²) in [6.07, 6.45) is 4.98. The lowest BCUT2D eigenvalue weighted by Gasteiger charge is -2.21. The topological polar surface area (TPSA) is 68.7 Å². The van der Waals surface area contributed by atoms with Crippen LogP contribution in [0.3, 0.4) is 0 Å². The predicted molar refractivity (Wildman–Crippen MR) is 79.9 cm³/mol. The standard InChI is InChI=1S/C14H25N5O/c1-11-12(13(20-3)18(2)17-11)10-16-14(15)19-8-6-4-5-7-9-19/h4-10H2,1-3H3,(H2,15,16). The number of ether oxygens (including phenoxy) is 1. The van der Waals surface area contributed by atoms with Crippen LogP contribution in [0.1, 0.15) is 36.9 Å². The summed E-state index contributed by atoms with van der Waals surface area (Å²) in [5.41, 5.74) is 8.07. The summed E-state index contributed by atoms with van der Waals surface area (Å²) < 4.78 is 7.11. The van der Waals surface area contributed by atoms with Crippen molar-refractivity contribution in [2.24, 2.45) is 17.8 Å². The van der Waals surface area contributed by atoms with Gasteiger partial charge in [0.1, 0.15) is 0 Å². The highest BCUT2D eigenvalue weighted by atomic mass is 16.5. The van der Waals surface area contributed by atoms with E-state index in [9.17, 15) is 0 Å². The fraction of sp³-hybridized carbons (Fsp3) is 0.714. The van der Waals surface area contributed by atoms with Crippen molar-refractivity contribution in [2.75, 3.05) is 20.2 Å². The van der Waals surface area contributed by atoms with Crippen molar-refractivity contribution in [3.8, 4) is 5.88 Å². The van der Waals surface area contributed by atoms with Crippen molar-refractivity contribution in [3.05, 3.63) is 11.3 Å². The predicted octanol–water partition coefficient (Wildman–Crippen LogP) is 1.43. The van der Waals surface area contributed by atoms with Crippen LogP contribution in [0.5, 0.6) is 5.88 Å². The summed E-state index contributed by atoms with van der Waals surface area (Å²) in [6, 6.07) is 0. The number of aromatic nitrogens is 2. The number of rotatable bonds is 3. The highest BCUT2D eigenvalue weighted by Crippen LogP contribution is 2.21. The van der Waals surface area contributed by atoms with Crippen LogP contribution in [0, 0.1) is 6.92 Å². The van der Waals surface area contributed by atoms with Gasteiger partial charge in [0.2, 0.25) is 5.88 Å². The summed E-state index contributed by atoms with van der Waals surface area (Å²) in [4.78, 5) is 6.72. The Balaban J connectivity index is 2.07. The normalized spacial score (nSPS) is 17.1. The van der Waals surface area contributed by atoms with Gasteiger partial charge in [0.25, 0.3) is 0 Å². The highest BCUT2D eigenvalue weighted by Gasteiger charge is 2.15. The molecule has 1 aromatic heterocycles. The van der Waals surface area contributed by atoms with E-state index < -0.39 is 0 Å². The average molecular weight is 279 g/mol. The highest BCUT2D eigenvalue weighted by molar-refractivity contribution is 5.78. The van der Waals surface area contributed by atoms with E-state index in [1.54, 1.807) is 11.8 Å². The molecule has 2 rings (SSSR count). The second-order valence-electron chi connectivity index (χ2n) is 5.27. The Hall–Kier alpha value is -1.72. The van der Waals surface area contributed by atoms with E-state index in [-0.39, 0.29) is 0 Å². The van der Waals surface area contributed by atoms with Gasteiger partial charge >= 0.3 is 0 Å². The molecular weight excluding hydrogens is 254 g/mol. The maximum atomic E-state index is 6.12. The number of methoxy groups -OCH3 is 1. The van der Waals surface area contributed by atoms with Gasteiger partial charge in [0.15, 0.2) is 5.96 Å². The largest absolute Gasteiger partial charge is 0.481 e. The molecule has 0 unspecified atom stereocenters. The van der Waals surface area contributed by atoms with Crippen LogP contribution in [0.25, 0.3) is 0 Å². The molecule has 0 aromatic carbocycles. The molecule has 2 heterocycles. The number of nitrogens with zero attached hydrogens (tertiary/aromatic N) is 4. The Morgan fingerprint density at radius 2 is 1.95 bits per heavy atom. The van der Waals surface area contributed by atoms with Crippen molar-refractivity contribution < 1.29 is 4.74 Å². The quantitative estimate of drug-likeness (QED) is 0.671. The third-order valence-corrected chi connectivity index (χ3v) is 3.81. The molecule has 0 bridgehead atoms. The zero-order valence-corrected chi connectivity index (χ0v) is 12.7. The Bertz CT molecular complexity index is 472. The average Bonchev–Trinajstić information content (AvgIpc) is 2.64. The molecule has 6 nitrogen and oxygen atoms in total. The fourth-order valence-electron chi connectivity index (χ4n) is 2.68. The lowest BCUT2D eigenvalue weighted by Crippen LogP contribution is -2.38. The van der Waals surface area contributed by atoms with Crippen molar-refractivity contribution in [3.63, 3.8) is 0 Å². The van der Waals surface area contributed by atoms with Crippen LogP contribution in [-0.4, -0.2) is 40.8 Å². The number of aryl methyl sites for hydroxylation is 2. The molecule has 1 aliphatic rings. The zero-order valence-electron chi connectivity index (χ0n) is 12.7. The van der Waals surface area contributed by atoms with E-state index in [4.69, 9.17) is 10.5 Å². The number of likely N-dealkylation sites (tertiary alicyclic amines) is 1. The smallest absolute Gasteiger partial charge is 0.216 e.